The first-order chi connectivity index (χ1) is 11.1. The molecule has 1 amide bonds. The second kappa shape index (κ2) is 6.35. The van der Waals surface area contributed by atoms with Gasteiger partial charge in [-0.05, 0) is 31.2 Å². The molecular weight excluding hydrogens is 332 g/mol. The van der Waals surface area contributed by atoms with Crippen LogP contribution in [0.25, 0.3) is 10.6 Å². The number of anilines is 2. The average Bonchev–Trinajstić information content (AvgIpc) is 3.13. The van der Waals surface area contributed by atoms with Crippen LogP contribution in [0, 0.1) is 6.92 Å². The summed E-state index contributed by atoms with van der Waals surface area (Å²) in [6.07, 6.45) is 0. The average molecular weight is 346 g/mol. The molecule has 0 aliphatic rings. The minimum Gasteiger partial charge on any atom is -0.497 e. The number of nitrogens with one attached hydrogen (secondary N) is 1. The van der Waals surface area contributed by atoms with Gasteiger partial charge in [-0.1, -0.05) is 11.3 Å². The molecule has 0 atom stereocenters. The zero-order valence-corrected chi connectivity index (χ0v) is 14.1. The number of nitrogens with two attached hydrogens (primary N) is 1. The fraction of sp³-hybridized carbons (Fsp3) is 0.133. The maximum absolute atomic E-state index is 12.3. The first-order valence-electron chi connectivity index (χ1n) is 6.71. The zero-order valence-electron chi connectivity index (χ0n) is 12.5. The van der Waals surface area contributed by atoms with E-state index in [-0.39, 0.29) is 5.91 Å². The molecule has 0 aliphatic carbocycles. The monoisotopic (exact) mass is 346 g/mol. The van der Waals surface area contributed by atoms with Crippen molar-refractivity contribution in [1.29, 1.82) is 0 Å². The SMILES string of the molecule is COc1ccc(C(=O)Nc2nc(C)c(-c3csc(N)n3)s2)cc1. The molecule has 3 N–H and O–H groups in total. The Labute approximate surface area is 141 Å². The molecule has 3 aromatic rings. The van der Waals surface area contributed by atoms with Gasteiger partial charge in [0.05, 0.1) is 23.4 Å². The van der Waals surface area contributed by atoms with E-state index in [9.17, 15) is 4.79 Å². The van der Waals surface area contributed by atoms with Gasteiger partial charge in [0.2, 0.25) is 0 Å². The zero-order chi connectivity index (χ0) is 16.4. The second-order valence-corrected chi connectivity index (χ2v) is 6.58. The lowest BCUT2D eigenvalue weighted by atomic mass is 10.2. The number of aromatic nitrogens is 2. The number of benzene rings is 1. The first kappa shape index (κ1) is 15.4. The third-order valence-electron chi connectivity index (χ3n) is 3.12. The van der Waals surface area contributed by atoms with Crippen LogP contribution in [0.4, 0.5) is 10.3 Å². The summed E-state index contributed by atoms with van der Waals surface area (Å²) in [6, 6.07) is 6.89. The Hall–Kier alpha value is -2.45. The number of ether oxygens (including phenoxy) is 1. The van der Waals surface area contributed by atoms with Crippen LogP contribution in [0.1, 0.15) is 16.1 Å². The van der Waals surface area contributed by atoms with Crippen molar-refractivity contribution in [2.24, 2.45) is 0 Å². The summed E-state index contributed by atoms with van der Waals surface area (Å²) in [4.78, 5) is 21.8. The van der Waals surface area contributed by atoms with Gasteiger partial charge in [0.1, 0.15) is 5.75 Å². The highest BCUT2D eigenvalue weighted by Gasteiger charge is 2.15. The van der Waals surface area contributed by atoms with Crippen molar-refractivity contribution in [3.63, 3.8) is 0 Å². The number of thiazole rings is 2. The largest absolute Gasteiger partial charge is 0.497 e. The smallest absolute Gasteiger partial charge is 0.257 e. The molecule has 2 aromatic heterocycles. The number of hydrogen-bond donors (Lipinski definition) is 2. The molecule has 6 nitrogen and oxygen atoms in total. The van der Waals surface area contributed by atoms with E-state index in [1.807, 2.05) is 12.3 Å². The molecule has 118 valence electrons. The van der Waals surface area contributed by atoms with Crippen LogP contribution in [-0.4, -0.2) is 23.0 Å². The molecule has 0 fully saturated rings. The Balaban J connectivity index is 1.78. The van der Waals surface area contributed by atoms with Gasteiger partial charge < -0.3 is 10.5 Å². The Morgan fingerprint density at radius 2 is 2.00 bits per heavy atom. The number of carbonyl (C=O) groups is 1. The van der Waals surface area contributed by atoms with Gasteiger partial charge in [0.15, 0.2) is 10.3 Å². The summed E-state index contributed by atoms with van der Waals surface area (Å²) in [7, 11) is 1.58. The van der Waals surface area contributed by atoms with E-state index in [1.165, 1.54) is 22.7 Å². The first-order valence-corrected chi connectivity index (χ1v) is 8.40. The summed E-state index contributed by atoms with van der Waals surface area (Å²) in [6.45, 7) is 1.88. The molecule has 0 bridgehead atoms. The molecule has 0 aliphatic heterocycles. The topological polar surface area (TPSA) is 90.1 Å². The molecule has 0 saturated carbocycles. The van der Waals surface area contributed by atoms with Crippen molar-refractivity contribution in [3.8, 4) is 16.3 Å². The summed E-state index contributed by atoms with van der Waals surface area (Å²) in [5.41, 5.74) is 7.80. The van der Waals surface area contributed by atoms with Gasteiger partial charge in [0.25, 0.3) is 5.91 Å². The van der Waals surface area contributed by atoms with E-state index in [0.29, 0.717) is 21.6 Å². The number of rotatable bonds is 4. The normalized spacial score (nSPS) is 10.5. The molecule has 0 spiro atoms. The Morgan fingerprint density at radius 3 is 2.61 bits per heavy atom. The quantitative estimate of drug-likeness (QED) is 0.755. The fourth-order valence-corrected chi connectivity index (χ4v) is 3.54. The van der Waals surface area contributed by atoms with Gasteiger partial charge >= 0.3 is 0 Å². The number of amides is 1. The van der Waals surface area contributed by atoms with Crippen LogP contribution in [0.5, 0.6) is 5.75 Å². The van der Waals surface area contributed by atoms with E-state index in [1.54, 1.807) is 31.4 Å². The highest BCUT2D eigenvalue weighted by molar-refractivity contribution is 7.19. The van der Waals surface area contributed by atoms with E-state index in [0.717, 1.165) is 16.3 Å². The van der Waals surface area contributed by atoms with E-state index < -0.39 is 0 Å². The number of hydrogen-bond acceptors (Lipinski definition) is 7. The highest BCUT2D eigenvalue weighted by atomic mass is 32.1. The lowest BCUT2D eigenvalue weighted by Gasteiger charge is -2.03. The van der Waals surface area contributed by atoms with Crippen LogP contribution < -0.4 is 15.8 Å². The molecule has 23 heavy (non-hydrogen) atoms. The number of methoxy groups -OCH3 is 1. The summed E-state index contributed by atoms with van der Waals surface area (Å²) in [5.74, 6) is 0.487. The van der Waals surface area contributed by atoms with Crippen LogP contribution in [-0.2, 0) is 0 Å². The van der Waals surface area contributed by atoms with Crippen molar-refractivity contribution in [1.82, 2.24) is 9.97 Å². The third kappa shape index (κ3) is 3.33. The van der Waals surface area contributed by atoms with Gasteiger partial charge in [-0.3, -0.25) is 10.1 Å². The van der Waals surface area contributed by atoms with Crippen molar-refractivity contribution < 1.29 is 9.53 Å². The maximum atomic E-state index is 12.3. The van der Waals surface area contributed by atoms with Crippen LogP contribution >= 0.6 is 22.7 Å². The number of nitrogens with zero attached hydrogens (tertiary/aromatic N) is 2. The van der Waals surface area contributed by atoms with Crippen molar-refractivity contribution in [2.45, 2.75) is 6.92 Å². The Bertz CT molecular complexity index is 840. The van der Waals surface area contributed by atoms with Crippen molar-refractivity contribution in [2.75, 3.05) is 18.2 Å². The van der Waals surface area contributed by atoms with E-state index in [2.05, 4.69) is 15.3 Å². The minimum atomic E-state index is -0.217. The van der Waals surface area contributed by atoms with Gasteiger partial charge in [0, 0.05) is 10.9 Å². The van der Waals surface area contributed by atoms with Crippen molar-refractivity contribution in [3.05, 3.63) is 40.9 Å². The number of carbonyl (C=O) groups excluding carboxylic acids is 1. The minimum absolute atomic E-state index is 0.217. The molecule has 0 saturated heterocycles. The molecule has 2 heterocycles. The van der Waals surface area contributed by atoms with E-state index >= 15 is 0 Å². The maximum Gasteiger partial charge on any atom is 0.257 e. The summed E-state index contributed by atoms with van der Waals surface area (Å²) in [5, 5.41) is 5.73. The fourth-order valence-electron chi connectivity index (χ4n) is 1.99. The van der Waals surface area contributed by atoms with Crippen LogP contribution in [0.15, 0.2) is 29.6 Å². The number of aryl methyl sites for hydroxylation is 1. The second-order valence-electron chi connectivity index (χ2n) is 4.69. The molecule has 1 aromatic carbocycles. The predicted octanol–water partition coefficient (Wildman–Crippen LogP) is 3.42. The molecule has 0 unspecified atom stereocenters. The third-order valence-corrected chi connectivity index (χ3v) is 4.89. The Morgan fingerprint density at radius 1 is 1.26 bits per heavy atom. The standard InChI is InChI=1S/C15H14N4O2S2/c1-8-12(11-7-22-14(16)18-11)23-15(17-8)19-13(20)9-3-5-10(21-2)6-4-9/h3-7H,1-2H3,(H2,16,18)(H,17,19,20). The number of nitrogen functional groups attached to an aromatic ring is 1. The summed E-state index contributed by atoms with van der Waals surface area (Å²) >= 11 is 2.76. The summed E-state index contributed by atoms with van der Waals surface area (Å²) < 4.78 is 5.08. The van der Waals surface area contributed by atoms with Gasteiger partial charge in [-0.2, -0.15) is 0 Å². The molecule has 3 rings (SSSR count). The lowest BCUT2D eigenvalue weighted by Crippen LogP contribution is -2.11. The highest BCUT2D eigenvalue weighted by Crippen LogP contribution is 2.34. The van der Waals surface area contributed by atoms with Gasteiger partial charge in [-0.15, -0.1) is 11.3 Å². The predicted molar refractivity (Wildman–Crippen MR) is 93.3 cm³/mol. The lowest BCUT2D eigenvalue weighted by molar-refractivity contribution is 0.102. The van der Waals surface area contributed by atoms with Crippen LogP contribution in [0.3, 0.4) is 0 Å². The van der Waals surface area contributed by atoms with Crippen molar-refractivity contribution >= 4 is 38.8 Å². The van der Waals surface area contributed by atoms with Gasteiger partial charge in [-0.25, -0.2) is 9.97 Å². The van der Waals surface area contributed by atoms with E-state index in [4.69, 9.17) is 10.5 Å². The molecular formula is C15H14N4O2S2. The molecule has 8 heteroatoms. The van der Waals surface area contributed by atoms with Crippen LogP contribution in [0.2, 0.25) is 0 Å². The Kier molecular flexibility index (Phi) is 4.26. The molecule has 0 radical (unpaired) electrons.